The van der Waals surface area contributed by atoms with Crippen LogP contribution in [0.1, 0.15) is 17.2 Å². The maximum Gasteiger partial charge on any atom is 0.266 e. The highest BCUT2D eigenvalue weighted by Crippen LogP contribution is 2.39. The molecule has 5 aromatic rings. The van der Waals surface area contributed by atoms with Gasteiger partial charge in [-0.15, -0.1) is 0 Å². The summed E-state index contributed by atoms with van der Waals surface area (Å²) in [5.74, 6) is 1.57. The van der Waals surface area contributed by atoms with Gasteiger partial charge in [0.25, 0.3) is 5.89 Å². The van der Waals surface area contributed by atoms with Crippen molar-refractivity contribution in [2.75, 3.05) is 44.3 Å². The van der Waals surface area contributed by atoms with Gasteiger partial charge in [-0.25, -0.2) is 8.42 Å². The summed E-state index contributed by atoms with van der Waals surface area (Å²) in [5, 5.41) is -0.151. The first-order valence-electron chi connectivity index (χ1n) is 13.9. The standard InChI is InChI=1S/C32H29N3O6S/c36-42(37,25-13-14-26-28(22-25)40-21-20-39-26)31-32(41-30(33-31)27-12-7-19-38-27)35-17-15-34(16-18-35)29(23-8-3-1-4-9-23)24-10-5-2-6-11-24/h1-14,19,22,29H,15-18,20-21H2. The minimum atomic E-state index is -4.08. The zero-order chi connectivity index (χ0) is 28.5. The third-order valence-corrected chi connectivity index (χ3v) is 9.24. The first-order valence-corrected chi connectivity index (χ1v) is 15.3. The van der Waals surface area contributed by atoms with Crippen LogP contribution in [0.4, 0.5) is 5.88 Å². The predicted molar refractivity (Wildman–Crippen MR) is 156 cm³/mol. The molecule has 3 aromatic carbocycles. The largest absolute Gasteiger partial charge is 0.486 e. The van der Waals surface area contributed by atoms with Crippen LogP contribution in [-0.4, -0.2) is 57.7 Å². The fraction of sp³-hybridized carbons (Fsp3) is 0.219. The molecule has 0 unspecified atom stereocenters. The number of piperazine rings is 1. The van der Waals surface area contributed by atoms with E-state index in [4.69, 9.17) is 18.3 Å². The van der Waals surface area contributed by atoms with Gasteiger partial charge < -0.3 is 23.2 Å². The number of aromatic nitrogens is 1. The van der Waals surface area contributed by atoms with Gasteiger partial charge in [0.05, 0.1) is 17.2 Å². The Morgan fingerprint density at radius 1 is 0.738 bits per heavy atom. The Morgan fingerprint density at radius 2 is 1.40 bits per heavy atom. The minimum absolute atomic E-state index is 0.0548. The highest BCUT2D eigenvalue weighted by atomic mass is 32.2. The van der Waals surface area contributed by atoms with E-state index in [1.807, 2.05) is 17.0 Å². The molecule has 4 heterocycles. The van der Waals surface area contributed by atoms with Crippen LogP contribution in [0.15, 0.2) is 116 Å². The van der Waals surface area contributed by atoms with Gasteiger partial charge >= 0.3 is 0 Å². The van der Waals surface area contributed by atoms with E-state index in [1.165, 1.54) is 29.5 Å². The van der Waals surface area contributed by atoms with Crippen LogP contribution in [0, 0.1) is 0 Å². The highest BCUT2D eigenvalue weighted by molar-refractivity contribution is 7.91. The van der Waals surface area contributed by atoms with Crippen molar-refractivity contribution in [3.63, 3.8) is 0 Å². The smallest absolute Gasteiger partial charge is 0.266 e. The van der Waals surface area contributed by atoms with Gasteiger partial charge in [0.15, 0.2) is 17.3 Å². The molecular formula is C32H29N3O6S. The van der Waals surface area contributed by atoms with Crippen LogP contribution in [0.25, 0.3) is 11.7 Å². The monoisotopic (exact) mass is 583 g/mol. The first-order chi connectivity index (χ1) is 20.6. The van der Waals surface area contributed by atoms with E-state index in [1.54, 1.807) is 18.2 Å². The van der Waals surface area contributed by atoms with Gasteiger partial charge in [0.2, 0.25) is 20.7 Å². The Morgan fingerprint density at radius 3 is 2.05 bits per heavy atom. The predicted octanol–water partition coefficient (Wildman–Crippen LogP) is 5.45. The summed E-state index contributed by atoms with van der Waals surface area (Å²) < 4.78 is 50.9. The summed E-state index contributed by atoms with van der Waals surface area (Å²) in [7, 11) is -4.08. The van der Waals surface area contributed by atoms with Crippen molar-refractivity contribution in [3.8, 4) is 23.1 Å². The molecule has 0 aliphatic carbocycles. The van der Waals surface area contributed by atoms with Gasteiger partial charge in [-0.05, 0) is 35.4 Å². The number of hydrogen-bond donors (Lipinski definition) is 0. The fourth-order valence-electron chi connectivity index (χ4n) is 5.55. The average Bonchev–Trinajstić information content (AvgIpc) is 3.74. The van der Waals surface area contributed by atoms with Crippen molar-refractivity contribution in [3.05, 3.63) is 108 Å². The van der Waals surface area contributed by atoms with E-state index in [0.29, 0.717) is 56.7 Å². The average molecular weight is 584 g/mol. The minimum Gasteiger partial charge on any atom is -0.486 e. The Bertz CT molecular complexity index is 1720. The van der Waals surface area contributed by atoms with Crippen molar-refractivity contribution in [2.45, 2.75) is 16.0 Å². The number of benzene rings is 3. The van der Waals surface area contributed by atoms with Crippen LogP contribution in [0.2, 0.25) is 0 Å². The third-order valence-electron chi connectivity index (χ3n) is 7.59. The maximum atomic E-state index is 14.0. The summed E-state index contributed by atoms with van der Waals surface area (Å²) in [5.41, 5.74) is 2.41. The van der Waals surface area contributed by atoms with Gasteiger partial charge in [-0.1, -0.05) is 60.7 Å². The molecule has 0 bridgehead atoms. The van der Waals surface area contributed by atoms with Crippen molar-refractivity contribution in [1.82, 2.24) is 9.88 Å². The summed E-state index contributed by atoms with van der Waals surface area (Å²) in [4.78, 5) is 8.89. The SMILES string of the molecule is O=S(=O)(c1ccc2c(c1)OCCO2)c1nc(-c2ccco2)oc1N1CCN(C(c2ccccc2)c2ccccc2)CC1. The lowest BCUT2D eigenvalue weighted by atomic mass is 9.96. The van der Waals surface area contributed by atoms with Gasteiger partial charge in [-0.3, -0.25) is 4.90 Å². The van der Waals surface area contributed by atoms with Crippen molar-refractivity contribution >= 4 is 15.7 Å². The number of rotatable bonds is 7. The molecule has 2 aliphatic rings. The topological polar surface area (TPSA) is 98.2 Å². The van der Waals surface area contributed by atoms with Crippen molar-refractivity contribution < 1.29 is 26.7 Å². The van der Waals surface area contributed by atoms with Crippen molar-refractivity contribution in [2.24, 2.45) is 0 Å². The molecule has 0 spiro atoms. The number of furan rings is 1. The Labute approximate surface area is 243 Å². The van der Waals surface area contributed by atoms with Gasteiger partial charge in [0, 0.05) is 32.2 Å². The van der Waals surface area contributed by atoms with E-state index >= 15 is 0 Å². The summed E-state index contributed by atoms with van der Waals surface area (Å²) in [6.07, 6.45) is 1.50. The zero-order valence-electron chi connectivity index (χ0n) is 22.8. The number of sulfone groups is 1. The van der Waals surface area contributed by atoms with E-state index in [-0.39, 0.29) is 27.7 Å². The van der Waals surface area contributed by atoms with Crippen LogP contribution >= 0.6 is 0 Å². The zero-order valence-corrected chi connectivity index (χ0v) is 23.6. The van der Waals surface area contributed by atoms with Crippen molar-refractivity contribution in [1.29, 1.82) is 0 Å². The molecule has 0 saturated carbocycles. The van der Waals surface area contributed by atoms with E-state index in [9.17, 15) is 8.42 Å². The molecule has 0 amide bonds. The molecule has 7 rings (SSSR count). The van der Waals surface area contributed by atoms with E-state index < -0.39 is 9.84 Å². The lowest BCUT2D eigenvalue weighted by Crippen LogP contribution is -2.48. The molecule has 214 valence electrons. The molecule has 2 aliphatic heterocycles. The molecule has 1 fully saturated rings. The molecule has 10 heteroatoms. The van der Waals surface area contributed by atoms with E-state index in [0.717, 1.165) is 0 Å². The molecule has 42 heavy (non-hydrogen) atoms. The number of anilines is 1. The molecule has 2 aromatic heterocycles. The van der Waals surface area contributed by atoms with Crippen LogP contribution in [0.3, 0.4) is 0 Å². The van der Waals surface area contributed by atoms with Gasteiger partial charge in [-0.2, -0.15) is 4.98 Å². The number of hydrogen-bond acceptors (Lipinski definition) is 9. The molecule has 1 saturated heterocycles. The number of oxazole rings is 1. The number of ether oxygens (including phenoxy) is 2. The molecule has 0 N–H and O–H groups in total. The first kappa shape index (κ1) is 26.4. The molecular weight excluding hydrogens is 554 g/mol. The molecule has 0 atom stereocenters. The number of nitrogens with zero attached hydrogens (tertiary/aromatic N) is 3. The lowest BCUT2D eigenvalue weighted by Gasteiger charge is -2.39. The third kappa shape index (κ3) is 4.93. The fourth-order valence-corrected chi connectivity index (χ4v) is 6.89. The van der Waals surface area contributed by atoms with Crippen LogP contribution in [0.5, 0.6) is 11.5 Å². The summed E-state index contributed by atoms with van der Waals surface area (Å²) >= 11 is 0. The molecule has 0 radical (unpaired) electrons. The Hall–Kier alpha value is -4.54. The quantitative estimate of drug-likeness (QED) is 0.248. The Balaban J connectivity index is 1.21. The summed E-state index contributed by atoms with van der Waals surface area (Å²) in [6, 6.07) is 28.9. The maximum absolute atomic E-state index is 14.0. The second-order valence-electron chi connectivity index (χ2n) is 10.2. The second-order valence-corrected chi connectivity index (χ2v) is 12.0. The number of fused-ring (bicyclic) bond motifs is 1. The molecule has 9 nitrogen and oxygen atoms in total. The van der Waals surface area contributed by atoms with Crippen LogP contribution < -0.4 is 14.4 Å². The van der Waals surface area contributed by atoms with E-state index in [2.05, 4.69) is 58.4 Å². The van der Waals surface area contributed by atoms with Crippen LogP contribution in [-0.2, 0) is 9.84 Å². The van der Waals surface area contributed by atoms with Gasteiger partial charge in [0.1, 0.15) is 13.2 Å². The second kappa shape index (κ2) is 11.0. The summed E-state index contributed by atoms with van der Waals surface area (Å²) in [6.45, 7) is 3.24. The normalized spacial score (nSPS) is 15.7. The Kier molecular flexibility index (Phi) is 6.93. The highest BCUT2D eigenvalue weighted by Gasteiger charge is 2.35. The lowest BCUT2D eigenvalue weighted by molar-refractivity contribution is 0.171.